The van der Waals surface area contributed by atoms with Gasteiger partial charge in [0.15, 0.2) is 0 Å². The quantitative estimate of drug-likeness (QED) is 0.749. The first-order valence-electron chi connectivity index (χ1n) is 9.29. The highest BCUT2D eigenvalue weighted by atomic mass is 16.5. The standard InChI is InChI=1S/C22H24N2O4/c1-15-6-3-4-7-18(15)13-24(14-20(25)28-2)22(27)17-8-5-9-19(12-17)23-21(26)16-10-11-16/h3-9,12,16H,10-11,13-14H2,1-2H3,(H,23,26). The first-order valence-corrected chi connectivity index (χ1v) is 9.29. The molecule has 146 valence electrons. The average Bonchev–Trinajstić information content (AvgIpc) is 3.54. The van der Waals surface area contributed by atoms with Gasteiger partial charge >= 0.3 is 5.97 Å². The van der Waals surface area contributed by atoms with Gasteiger partial charge in [0, 0.05) is 23.7 Å². The highest BCUT2D eigenvalue weighted by Crippen LogP contribution is 2.30. The lowest BCUT2D eigenvalue weighted by molar-refractivity contribution is -0.141. The van der Waals surface area contributed by atoms with Crippen molar-refractivity contribution in [1.29, 1.82) is 0 Å². The van der Waals surface area contributed by atoms with Crippen molar-refractivity contribution in [1.82, 2.24) is 4.90 Å². The highest BCUT2D eigenvalue weighted by molar-refractivity contribution is 5.99. The molecule has 1 fully saturated rings. The van der Waals surface area contributed by atoms with Crippen molar-refractivity contribution < 1.29 is 19.1 Å². The van der Waals surface area contributed by atoms with Crippen molar-refractivity contribution in [3.05, 3.63) is 65.2 Å². The van der Waals surface area contributed by atoms with Crippen LogP contribution in [-0.2, 0) is 20.9 Å². The van der Waals surface area contributed by atoms with E-state index in [1.54, 1.807) is 24.3 Å². The molecule has 28 heavy (non-hydrogen) atoms. The van der Waals surface area contributed by atoms with Crippen LogP contribution in [0.5, 0.6) is 0 Å². The third kappa shape index (κ3) is 4.97. The molecule has 1 aliphatic carbocycles. The molecule has 6 nitrogen and oxygen atoms in total. The van der Waals surface area contributed by atoms with E-state index in [2.05, 4.69) is 5.32 Å². The second kappa shape index (κ2) is 8.69. The van der Waals surface area contributed by atoms with Gasteiger partial charge in [0.25, 0.3) is 5.91 Å². The molecule has 0 atom stereocenters. The zero-order valence-electron chi connectivity index (χ0n) is 16.1. The SMILES string of the molecule is COC(=O)CN(Cc1ccccc1C)C(=O)c1cccc(NC(=O)C2CC2)c1. The normalized spacial score (nSPS) is 12.9. The average molecular weight is 380 g/mol. The number of hydrogen-bond donors (Lipinski definition) is 1. The smallest absolute Gasteiger partial charge is 0.325 e. The van der Waals surface area contributed by atoms with Gasteiger partial charge in [-0.05, 0) is 49.1 Å². The molecular weight excluding hydrogens is 356 g/mol. The Bertz CT molecular complexity index is 890. The molecular formula is C22H24N2O4. The summed E-state index contributed by atoms with van der Waals surface area (Å²) in [4.78, 5) is 38.4. The number of carbonyl (C=O) groups is 3. The fraction of sp³-hybridized carbons (Fsp3) is 0.318. The fourth-order valence-corrected chi connectivity index (χ4v) is 2.92. The number of methoxy groups -OCH3 is 1. The molecule has 1 aliphatic rings. The Morgan fingerprint density at radius 1 is 1.11 bits per heavy atom. The predicted molar refractivity (Wildman–Crippen MR) is 106 cm³/mol. The van der Waals surface area contributed by atoms with Gasteiger partial charge in [-0.3, -0.25) is 14.4 Å². The Balaban J connectivity index is 1.80. The van der Waals surface area contributed by atoms with E-state index in [1.165, 1.54) is 12.0 Å². The fourth-order valence-electron chi connectivity index (χ4n) is 2.92. The molecule has 2 amide bonds. The molecule has 0 unspecified atom stereocenters. The Labute approximate surface area is 164 Å². The van der Waals surface area contributed by atoms with Crippen LogP contribution < -0.4 is 5.32 Å². The Kier molecular flexibility index (Phi) is 6.09. The molecule has 0 aromatic heterocycles. The zero-order chi connectivity index (χ0) is 20.1. The van der Waals surface area contributed by atoms with Crippen molar-refractivity contribution in [2.75, 3.05) is 19.0 Å². The van der Waals surface area contributed by atoms with Crippen LogP contribution in [0.25, 0.3) is 0 Å². The number of hydrogen-bond acceptors (Lipinski definition) is 4. The summed E-state index contributed by atoms with van der Waals surface area (Å²) in [7, 11) is 1.30. The molecule has 1 N–H and O–H groups in total. The topological polar surface area (TPSA) is 75.7 Å². The monoisotopic (exact) mass is 380 g/mol. The molecule has 2 aromatic carbocycles. The maximum absolute atomic E-state index is 13.1. The van der Waals surface area contributed by atoms with Crippen molar-refractivity contribution >= 4 is 23.5 Å². The lowest BCUT2D eigenvalue weighted by Gasteiger charge is -2.23. The molecule has 1 saturated carbocycles. The Morgan fingerprint density at radius 2 is 1.86 bits per heavy atom. The summed E-state index contributed by atoms with van der Waals surface area (Å²) in [5.74, 6) is -0.719. The van der Waals surface area contributed by atoms with E-state index in [1.807, 2.05) is 31.2 Å². The van der Waals surface area contributed by atoms with Crippen LogP contribution in [0.15, 0.2) is 48.5 Å². The number of rotatable bonds is 7. The van der Waals surface area contributed by atoms with Crippen molar-refractivity contribution in [2.45, 2.75) is 26.3 Å². The summed E-state index contributed by atoms with van der Waals surface area (Å²) < 4.78 is 4.75. The Morgan fingerprint density at radius 3 is 2.54 bits per heavy atom. The van der Waals surface area contributed by atoms with Crippen LogP contribution in [0, 0.1) is 12.8 Å². The van der Waals surface area contributed by atoms with Crippen LogP contribution in [0.1, 0.15) is 34.3 Å². The predicted octanol–water partition coefficient (Wildman–Crippen LogP) is 3.16. The van der Waals surface area contributed by atoms with Gasteiger partial charge in [-0.15, -0.1) is 0 Å². The van der Waals surface area contributed by atoms with Crippen LogP contribution in [-0.4, -0.2) is 36.3 Å². The number of aryl methyl sites for hydroxylation is 1. The van der Waals surface area contributed by atoms with E-state index in [0.29, 0.717) is 17.8 Å². The number of benzene rings is 2. The lowest BCUT2D eigenvalue weighted by atomic mass is 10.1. The van der Waals surface area contributed by atoms with Gasteiger partial charge in [0.05, 0.1) is 7.11 Å². The molecule has 0 radical (unpaired) electrons. The second-order valence-corrected chi connectivity index (χ2v) is 7.01. The first kappa shape index (κ1) is 19.6. The Hall–Kier alpha value is -3.15. The number of esters is 1. The van der Waals surface area contributed by atoms with E-state index in [9.17, 15) is 14.4 Å². The molecule has 0 spiro atoms. The zero-order valence-corrected chi connectivity index (χ0v) is 16.1. The third-order valence-electron chi connectivity index (χ3n) is 4.78. The number of anilines is 1. The minimum absolute atomic E-state index is 0.0177. The summed E-state index contributed by atoms with van der Waals surface area (Å²) in [6.45, 7) is 2.10. The summed E-state index contributed by atoms with van der Waals surface area (Å²) in [6, 6.07) is 14.5. The maximum atomic E-state index is 13.1. The molecule has 6 heteroatoms. The van der Waals surface area contributed by atoms with Gasteiger partial charge in [-0.1, -0.05) is 30.3 Å². The largest absolute Gasteiger partial charge is 0.468 e. The summed E-state index contributed by atoms with van der Waals surface area (Å²) in [6.07, 6.45) is 1.82. The first-order chi connectivity index (χ1) is 13.5. The molecule has 3 rings (SSSR count). The van der Waals surface area contributed by atoms with Gasteiger partial charge < -0.3 is 15.0 Å². The van der Waals surface area contributed by atoms with Crippen molar-refractivity contribution in [3.63, 3.8) is 0 Å². The van der Waals surface area contributed by atoms with Gasteiger partial charge in [-0.25, -0.2) is 0 Å². The van der Waals surface area contributed by atoms with E-state index in [-0.39, 0.29) is 24.3 Å². The van der Waals surface area contributed by atoms with Crippen LogP contribution in [0.2, 0.25) is 0 Å². The molecule has 0 heterocycles. The van der Waals surface area contributed by atoms with Crippen LogP contribution in [0.4, 0.5) is 5.69 Å². The van der Waals surface area contributed by atoms with Crippen molar-refractivity contribution in [2.24, 2.45) is 5.92 Å². The molecule has 0 aliphatic heterocycles. The number of nitrogens with one attached hydrogen (secondary N) is 1. The summed E-state index contributed by atoms with van der Waals surface area (Å²) >= 11 is 0. The van der Waals surface area contributed by atoms with Gasteiger partial charge in [0.2, 0.25) is 5.91 Å². The number of nitrogens with zero attached hydrogens (tertiary/aromatic N) is 1. The molecule has 0 bridgehead atoms. The second-order valence-electron chi connectivity index (χ2n) is 7.01. The van der Waals surface area contributed by atoms with Crippen LogP contribution in [0.3, 0.4) is 0 Å². The minimum Gasteiger partial charge on any atom is -0.468 e. The third-order valence-corrected chi connectivity index (χ3v) is 4.78. The number of amides is 2. The van der Waals surface area contributed by atoms with E-state index < -0.39 is 5.97 Å². The highest BCUT2D eigenvalue weighted by Gasteiger charge is 2.29. The van der Waals surface area contributed by atoms with E-state index in [4.69, 9.17) is 4.74 Å². The summed E-state index contributed by atoms with van der Waals surface area (Å²) in [5, 5.41) is 2.85. The number of ether oxygens (including phenoxy) is 1. The number of carbonyl (C=O) groups excluding carboxylic acids is 3. The van der Waals surface area contributed by atoms with Gasteiger partial charge in [0.1, 0.15) is 6.54 Å². The molecule has 0 saturated heterocycles. The lowest BCUT2D eigenvalue weighted by Crippen LogP contribution is -2.36. The van der Waals surface area contributed by atoms with Crippen LogP contribution >= 0.6 is 0 Å². The van der Waals surface area contributed by atoms with E-state index >= 15 is 0 Å². The minimum atomic E-state index is -0.486. The van der Waals surface area contributed by atoms with Gasteiger partial charge in [-0.2, -0.15) is 0 Å². The maximum Gasteiger partial charge on any atom is 0.325 e. The molecule has 2 aromatic rings. The van der Waals surface area contributed by atoms with E-state index in [0.717, 1.165) is 24.0 Å². The summed E-state index contributed by atoms with van der Waals surface area (Å²) in [5.41, 5.74) is 2.98. The van der Waals surface area contributed by atoms with Crippen molar-refractivity contribution in [3.8, 4) is 0 Å².